The first-order valence-electron chi connectivity index (χ1n) is 4.86. The third-order valence-electron chi connectivity index (χ3n) is 2.33. The fourth-order valence-corrected chi connectivity index (χ4v) is 1.53. The van der Waals surface area contributed by atoms with Crippen molar-refractivity contribution in [1.82, 2.24) is 0 Å². The molecule has 0 aliphatic carbocycles. The van der Waals surface area contributed by atoms with E-state index in [0.29, 0.717) is 6.61 Å². The maximum Gasteiger partial charge on any atom is 0.0726 e. The number of hydrogen-bond acceptors (Lipinski definition) is 1. The van der Waals surface area contributed by atoms with Crippen LogP contribution in [0.5, 0.6) is 0 Å². The van der Waals surface area contributed by atoms with Gasteiger partial charge in [-0.05, 0) is 25.0 Å². The highest BCUT2D eigenvalue weighted by atomic mass is 16.5. The Morgan fingerprint density at radius 2 is 2.00 bits per heavy atom. The van der Waals surface area contributed by atoms with Gasteiger partial charge in [0.25, 0.3) is 0 Å². The fraction of sp³-hybridized carbons (Fsp3) is 0.385. The minimum atomic E-state index is -0.0621. The molecule has 0 saturated heterocycles. The van der Waals surface area contributed by atoms with Crippen molar-refractivity contribution in [3.05, 3.63) is 48.6 Å². The van der Waals surface area contributed by atoms with Crippen LogP contribution in [0.25, 0.3) is 0 Å². The second-order valence-corrected chi connectivity index (χ2v) is 4.07. The Bertz CT molecular complexity index is 292. The molecule has 0 fully saturated rings. The minimum Gasteiger partial charge on any atom is -0.371 e. The Labute approximate surface area is 86.5 Å². The van der Waals surface area contributed by atoms with Crippen molar-refractivity contribution in [2.24, 2.45) is 0 Å². The largest absolute Gasteiger partial charge is 0.371 e. The smallest absolute Gasteiger partial charge is 0.0726 e. The first kappa shape index (κ1) is 11.0. The van der Waals surface area contributed by atoms with Crippen LogP contribution in [-0.4, -0.2) is 12.2 Å². The van der Waals surface area contributed by atoms with Gasteiger partial charge in [-0.25, -0.2) is 0 Å². The second kappa shape index (κ2) is 4.43. The normalized spacial score (nSPS) is 21.3. The van der Waals surface area contributed by atoms with Crippen molar-refractivity contribution in [2.75, 3.05) is 6.61 Å². The zero-order valence-corrected chi connectivity index (χ0v) is 9.05. The number of rotatable bonds is 3. The molecule has 76 valence electrons. The standard InChI is InChI=1S/C13H18O/c1-5-7-8-12-9-13(3,4)14-10-11(12)6-2/h5-8H,1-2,9-10H2,3-4H3/b8-7-. The van der Waals surface area contributed by atoms with E-state index in [1.54, 1.807) is 6.08 Å². The predicted octanol–water partition coefficient (Wildman–Crippen LogP) is 3.41. The Hall–Kier alpha value is -1.08. The third kappa shape index (κ3) is 2.71. The van der Waals surface area contributed by atoms with E-state index in [1.165, 1.54) is 11.1 Å². The molecule has 0 aromatic heterocycles. The average Bonchev–Trinajstić information content (AvgIpc) is 2.14. The van der Waals surface area contributed by atoms with E-state index in [2.05, 4.69) is 33.1 Å². The Morgan fingerprint density at radius 1 is 1.29 bits per heavy atom. The second-order valence-electron chi connectivity index (χ2n) is 4.07. The van der Waals surface area contributed by atoms with Crippen molar-refractivity contribution in [3.8, 4) is 0 Å². The van der Waals surface area contributed by atoms with Gasteiger partial charge >= 0.3 is 0 Å². The van der Waals surface area contributed by atoms with Gasteiger partial charge in [-0.2, -0.15) is 0 Å². The first-order valence-corrected chi connectivity index (χ1v) is 4.86. The molecule has 1 heterocycles. The Kier molecular flexibility index (Phi) is 3.48. The van der Waals surface area contributed by atoms with Crippen LogP contribution >= 0.6 is 0 Å². The van der Waals surface area contributed by atoms with Gasteiger partial charge in [-0.15, -0.1) is 0 Å². The summed E-state index contributed by atoms with van der Waals surface area (Å²) in [7, 11) is 0. The Morgan fingerprint density at radius 3 is 2.57 bits per heavy atom. The van der Waals surface area contributed by atoms with Crippen LogP contribution in [-0.2, 0) is 4.74 Å². The molecule has 1 aliphatic heterocycles. The number of allylic oxidation sites excluding steroid dienone is 3. The van der Waals surface area contributed by atoms with Gasteiger partial charge < -0.3 is 4.74 Å². The summed E-state index contributed by atoms with van der Waals surface area (Å²) < 4.78 is 5.69. The summed E-state index contributed by atoms with van der Waals surface area (Å²) in [5, 5.41) is 0. The summed E-state index contributed by atoms with van der Waals surface area (Å²) in [4.78, 5) is 0. The van der Waals surface area contributed by atoms with Gasteiger partial charge in [-0.1, -0.05) is 37.5 Å². The molecule has 0 radical (unpaired) electrons. The van der Waals surface area contributed by atoms with Crippen LogP contribution in [0.15, 0.2) is 48.6 Å². The van der Waals surface area contributed by atoms with Crippen LogP contribution in [0.4, 0.5) is 0 Å². The zero-order chi connectivity index (χ0) is 10.6. The van der Waals surface area contributed by atoms with Gasteiger partial charge in [0.1, 0.15) is 0 Å². The summed E-state index contributed by atoms with van der Waals surface area (Å²) in [6.45, 7) is 12.3. The molecular formula is C13H18O. The lowest BCUT2D eigenvalue weighted by atomic mass is 9.91. The number of hydrogen-bond donors (Lipinski definition) is 0. The quantitative estimate of drug-likeness (QED) is 0.620. The molecule has 0 atom stereocenters. The van der Waals surface area contributed by atoms with E-state index in [9.17, 15) is 0 Å². The highest BCUT2D eigenvalue weighted by Gasteiger charge is 2.25. The summed E-state index contributed by atoms with van der Waals surface area (Å²) in [5.41, 5.74) is 2.42. The summed E-state index contributed by atoms with van der Waals surface area (Å²) in [5.74, 6) is 0. The molecule has 0 saturated carbocycles. The lowest BCUT2D eigenvalue weighted by Crippen LogP contribution is -2.30. The van der Waals surface area contributed by atoms with E-state index in [4.69, 9.17) is 4.74 Å². The lowest BCUT2D eigenvalue weighted by Gasteiger charge is -2.31. The maximum absolute atomic E-state index is 5.69. The highest BCUT2D eigenvalue weighted by Crippen LogP contribution is 2.29. The lowest BCUT2D eigenvalue weighted by molar-refractivity contribution is -0.0119. The zero-order valence-electron chi connectivity index (χ0n) is 9.05. The minimum absolute atomic E-state index is 0.0621. The van der Waals surface area contributed by atoms with Crippen molar-refractivity contribution in [3.63, 3.8) is 0 Å². The molecular weight excluding hydrogens is 172 g/mol. The number of ether oxygens (including phenoxy) is 1. The molecule has 0 bridgehead atoms. The molecule has 14 heavy (non-hydrogen) atoms. The van der Waals surface area contributed by atoms with Gasteiger partial charge in [0.2, 0.25) is 0 Å². The molecule has 0 aromatic carbocycles. The SMILES string of the molecule is C=C/C=C\C1=C(C=C)COC(C)(C)C1. The first-order chi connectivity index (χ1) is 6.59. The van der Waals surface area contributed by atoms with Gasteiger partial charge in [-0.3, -0.25) is 0 Å². The third-order valence-corrected chi connectivity index (χ3v) is 2.33. The fourth-order valence-electron chi connectivity index (χ4n) is 1.53. The monoisotopic (exact) mass is 190 g/mol. The van der Waals surface area contributed by atoms with E-state index in [1.807, 2.05) is 12.2 Å². The van der Waals surface area contributed by atoms with E-state index < -0.39 is 0 Å². The van der Waals surface area contributed by atoms with Crippen LogP contribution in [0.1, 0.15) is 20.3 Å². The molecule has 1 aliphatic rings. The molecule has 0 unspecified atom stereocenters. The molecule has 0 aromatic rings. The van der Waals surface area contributed by atoms with Gasteiger partial charge in [0.15, 0.2) is 0 Å². The molecule has 0 N–H and O–H groups in total. The van der Waals surface area contributed by atoms with Crippen LogP contribution < -0.4 is 0 Å². The van der Waals surface area contributed by atoms with E-state index in [-0.39, 0.29) is 5.60 Å². The average molecular weight is 190 g/mol. The molecule has 1 rings (SSSR count). The summed E-state index contributed by atoms with van der Waals surface area (Å²) >= 11 is 0. The van der Waals surface area contributed by atoms with Crippen molar-refractivity contribution < 1.29 is 4.74 Å². The van der Waals surface area contributed by atoms with Gasteiger partial charge in [0, 0.05) is 6.42 Å². The molecule has 1 nitrogen and oxygen atoms in total. The topological polar surface area (TPSA) is 9.23 Å². The van der Waals surface area contributed by atoms with E-state index in [0.717, 1.165) is 6.42 Å². The summed E-state index contributed by atoms with van der Waals surface area (Å²) in [6.07, 6.45) is 8.64. The molecule has 1 heteroatoms. The molecule has 0 spiro atoms. The van der Waals surface area contributed by atoms with Crippen LogP contribution in [0.3, 0.4) is 0 Å². The van der Waals surface area contributed by atoms with Crippen molar-refractivity contribution in [2.45, 2.75) is 25.9 Å². The maximum atomic E-state index is 5.69. The molecule has 0 amide bonds. The predicted molar refractivity (Wildman–Crippen MR) is 61.2 cm³/mol. The highest BCUT2D eigenvalue weighted by molar-refractivity contribution is 5.36. The Balaban J connectivity index is 2.92. The van der Waals surface area contributed by atoms with Crippen molar-refractivity contribution in [1.29, 1.82) is 0 Å². The van der Waals surface area contributed by atoms with E-state index >= 15 is 0 Å². The van der Waals surface area contributed by atoms with Crippen LogP contribution in [0.2, 0.25) is 0 Å². The summed E-state index contributed by atoms with van der Waals surface area (Å²) in [6, 6.07) is 0. The van der Waals surface area contributed by atoms with Gasteiger partial charge in [0.05, 0.1) is 12.2 Å². The van der Waals surface area contributed by atoms with Crippen molar-refractivity contribution >= 4 is 0 Å². The van der Waals surface area contributed by atoms with Crippen LogP contribution in [0, 0.1) is 0 Å².